The van der Waals surface area contributed by atoms with Gasteiger partial charge in [-0.25, -0.2) is 15.0 Å². The van der Waals surface area contributed by atoms with Crippen molar-refractivity contribution in [2.75, 3.05) is 24.2 Å². The second-order valence-corrected chi connectivity index (χ2v) is 5.54. The molecule has 0 radical (unpaired) electrons. The molecule has 138 valence electrons. The largest absolute Gasteiger partial charge is 0.417 e. The van der Waals surface area contributed by atoms with Crippen LogP contribution in [0.25, 0.3) is 22.3 Å². The normalized spacial score (nSPS) is 13.1. The lowest BCUT2D eigenvalue weighted by molar-refractivity contribution is -0.137. The maximum Gasteiger partial charge on any atom is 0.417 e. The number of hydrogen-bond donors (Lipinski definition) is 5. The summed E-state index contributed by atoms with van der Waals surface area (Å²) in [5.41, 5.74) is 5.97. The van der Waals surface area contributed by atoms with Gasteiger partial charge in [-0.2, -0.15) is 13.2 Å². The van der Waals surface area contributed by atoms with Crippen LogP contribution in [-0.2, 0) is 6.18 Å². The molecule has 26 heavy (non-hydrogen) atoms. The number of rotatable bonds is 5. The summed E-state index contributed by atoms with van der Waals surface area (Å²) in [7, 11) is 0. The molecule has 0 aliphatic carbocycles. The summed E-state index contributed by atoms with van der Waals surface area (Å²) in [6.07, 6.45) is -2.03. The maximum atomic E-state index is 13.0. The van der Waals surface area contributed by atoms with E-state index >= 15 is 0 Å². The average molecular weight is 368 g/mol. The van der Waals surface area contributed by atoms with Gasteiger partial charge in [0.15, 0.2) is 0 Å². The van der Waals surface area contributed by atoms with Crippen LogP contribution < -0.4 is 11.1 Å². The van der Waals surface area contributed by atoms with Gasteiger partial charge in [0, 0.05) is 29.9 Å². The minimum absolute atomic E-state index is 0.00643. The van der Waals surface area contributed by atoms with Gasteiger partial charge in [0.25, 0.3) is 0 Å². The molecule has 1 atom stereocenters. The number of H-pyrrole nitrogens is 1. The van der Waals surface area contributed by atoms with E-state index in [1.165, 1.54) is 12.4 Å². The van der Waals surface area contributed by atoms with E-state index in [0.717, 1.165) is 12.3 Å². The molecule has 8 nitrogen and oxygen atoms in total. The van der Waals surface area contributed by atoms with Crippen molar-refractivity contribution >= 4 is 22.7 Å². The number of aliphatic hydroxyl groups is 2. The quantitative estimate of drug-likeness (QED) is 0.459. The fourth-order valence-electron chi connectivity index (χ4n) is 2.32. The SMILES string of the molecule is Nc1cnc(NC[C@H](O)CO)nc1-c1c[nH]c2ncc(C(F)(F)F)cc12. The van der Waals surface area contributed by atoms with Gasteiger partial charge < -0.3 is 26.2 Å². The van der Waals surface area contributed by atoms with Gasteiger partial charge >= 0.3 is 6.18 Å². The highest BCUT2D eigenvalue weighted by molar-refractivity contribution is 5.95. The third-order valence-corrected chi connectivity index (χ3v) is 3.64. The first-order chi connectivity index (χ1) is 12.3. The van der Waals surface area contributed by atoms with Crippen LogP contribution in [0, 0.1) is 0 Å². The highest BCUT2D eigenvalue weighted by Gasteiger charge is 2.31. The Morgan fingerprint density at radius 3 is 2.73 bits per heavy atom. The van der Waals surface area contributed by atoms with E-state index in [9.17, 15) is 18.3 Å². The minimum atomic E-state index is -4.53. The standard InChI is InChI=1S/C15H15F3N6O2/c16-15(17,18)7-1-9-10(4-21-13(9)20-2-7)12-11(19)5-23-14(24-12)22-3-8(26)6-25/h1-2,4-5,8,25-26H,3,6,19H2,(H,20,21)(H,22,23,24)/t8-/m0/s1. The lowest BCUT2D eigenvalue weighted by Gasteiger charge is -2.11. The van der Waals surface area contributed by atoms with Gasteiger partial charge in [-0.15, -0.1) is 0 Å². The van der Waals surface area contributed by atoms with E-state index in [0.29, 0.717) is 5.56 Å². The number of hydrogen-bond acceptors (Lipinski definition) is 7. The van der Waals surface area contributed by atoms with Crippen molar-refractivity contribution in [2.24, 2.45) is 0 Å². The summed E-state index contributed by atoms with van der Waals surface area (Å²) in [4.78, 5) is 14.7. The summed E-state index contributed by atoms with van der Waals surface area (Å²) in [5.74, 6) is 0.107. The van der Waals surface area contributed by atoms with E-state index in [1.54, 1.807) is 0 Å². The number of nitrogens with zero attached hydrogens (tertiary/aromatic N) is 3. The first kappa shape index (κ1) is 17.9. The van der Waals surface area contributed by atoms with Crippen molar-refractivity contribution in [3.8, 4) is 11.3 Å². The monoisotopic (exact) mass is 368 g/mol. The van der Waals surface area contributed by atoms with Crippen molar-refractivity contribution in [1.82, 2.24) is 19.9 Å². The second-order valence-electron chi connectivity index (χ2n) is 5.54. The third kappa shape index (κ3) is 3.53. The summed E-state index contributed by atoms with van der Waals surface area (Å²) >= 11 is 0. The lowest BCUT2D eigenvalue weighted by Crippen LogP contribution is -2.23. The van der Waals surface area contributed by atoms with Gasteiger partial charge in [0.1, 0.15) is 11.3 Å². The van der Waals surface area contributed by atoms with Crippen molar-refractivity contribution in [3.05, 3.63) is 30.2 Å². The van der Waals surface area contributed by atoms with Crippen LogP contribution >= 0.6 is 0 Å². The average Bonchev–Trinajstić information content (AvgIpc) is 3.03. The smallest absolute Gasteiger partial charge is 0.396 e. The van der Waals surface area contributed by atoms with Crippen LogP contribution in [0.3, 0.4) is 0 Å². The zero-order chi connectivity index (χ0) is 18.9. The number of nitrogens with one attached hydrogen (secondary N) is 2. The molecule has 3 heterocycles. The predicted molar refractivity (Wildman–Crippen MR) is 88.1 cm³/mol. The number of pyridine rings is 1. The molecular formula is C15H15F3N6O2. The molecular weight excluding hydrogens is 353 g/mol. The fraction of sp³-hybridized carbons (Fsp3) is 0.267. The zero-order valence-corrected chi connectivity index (χ0v) is 13.2. The molecule has 3 aromatic heterocycles. The van der Waals surface area contributed by atoms with Crippen LogP contribution in [-0.4, -0.2) is 49.4 Å². The summed E-state index contributed by atoms with van der Waals surface area (Å²) in [5, 5.41) is 21.1. The highest BCUT2D eigenvalue weighted by Crippen LogP contribution is 2.35. The van der Waals surface area contributed by atoms with Crippen LogP contribution in [0.5, 0.6) is 0 Å². The van der Waals surface area contributed by atoms with Crippen LogP contribution in [0.4, 0.5) is 24.8 Å². The van der Waals surface area contributed by atoms with E-state index < -0.39 is 24.5 Å². The highest BCUT2D eigenvalue weighted by atomic mass is 19.4. The molecule has 0 saturated heterocycles. The Morgan fingerprint density at radius 2 is 2.04 bits per heavy atom. The predicted octanol–water partition coefficient (Wildman–Crippen LogP) is 1.39. The topological polar surface area (TPSA) is 133 Å². The molecule has 0 bridgehead atoms. The van der Waals surface area contributed by atoms with E-state index in [1.807, 2.05) is 0 Å². The molecule has 6 N–H and O–H groups in total. The molecule has 0 fully saturated rings. The van der Waals surface area contributed by atoms with Crippen molar-refractivity contribution in [3.63, 3.8) is 0 Å². The number of aromatic amines is 1. The molecule has 0 aromatic carbocycles. The number of nitrogens with two attached hydrogens (primary N) is 1. The number of aromatic nitrogens is 4. The van der Waals surface area contributed by atoms with Gasteiger partial charge in [0.05, 0.1) is 30.2 Å². The fourth-order valence-corrected chi connectivity index (χ4v) is 2.32. The molecule has 3 aromatic rings. The van der Waals surface area contributed by atoms with E-state index in [-0.39, 0.29) is 34.9 Å². The second kappa shape index (κ2) is 6.77. The minimum Gasteiger partial charge on any atom is -0.396 e. The van der Waals surface area contributed by atoms with Gasteiger partial charge in [-0.3, -0.25) is 0 Å². The number of fused-ring (bicyclic) bond motifs is 1. The van der Waals surface area contributed by atoms with Gasteiger partial charge in [-0.05, 0) is 6.07 Å². The molecule has 0 aliphatic heterocycles. The number of aliphatic hydroxyl groups excluding tert-OH is 2. The Hall–Kier alpha value is -2.92. The Morgan fingerprint density at radius 1 is 1.27 bits per heavy atom. The Balaban J connectivity index is 2.03. The molecule has 0 amide bonds. The van der Waals surface area contributed by atoms with E-state index in [4.69, 9.17) is 10.8 Å². The third-order valence-electron chi connectivity index (χ3n) is 3.64. The molecule has 0 aliphatic rings. The Labute approximate surface area is 144 Å². The maximum absolute atomic E-state index is 13.0. The Bertz CT molecular complexity index is 927. The zero-order valence-electron chi connectivity index (χ0n) is 13.2. The van der Waals surface area contributed by atoms with Crippen molar-refractivity contribution in [1.29, 1.82) is 0 Å². The first-order valence-electron chi connectivity index (χ1n) is 7.49. The van der Waals surface area contributed by atoms with Gasteiger partial charge in [0.2, 0.25) is 5.95 Å². The summed E-state index contributed by atoms with van der Waals surface area (Å²) in [6, 6.07) is 0.971. The van der Waals surface area contributed by atoms with Crippen molar-refractivity contribution < 1.29 is 23.4 Å². The molecule has 0 unspecified atom stereocenters. The summed E-state index contributed by atoms with van der Waals surface area (Å²) in [6.45, 7) is -0.448. The van der Waals surface area contributed by atoms with Crippen LogP contribution in [0.15, 0.2) is 24.7 Å². The number of anilines is 2. The Kier molecular flexibility index (Phi) is 4.66. The summed E-state index contributed by atoms with van der Waals surface area (Å²) < 4.78 is 38.9. The first-order valence-corrected chi connectivity index (χ1v) is 7.49. The molecule has 0 saturated carbocycles. The molecule has 0 spiro atoms. The molecule has 11 heteroatoms. The molecule has 3 rings (SSSR count). The lowest BCUT2D eigenvalue weighted by atomic mass is 10.1. The van der Waals surface area contributed by atoms with Crippen LogP contribution in [0.2, 0.25) is 0 Å². The number of nitrogen functional groups attached to an aromatic ring is 1. The number of alkyl halides is 3. The van der Waals surface area contributed by atoms with Crippen LogP contribution in [0.1, 0.15) is 5.56 Å². The van der Waals surface area contributed by atoms with Crippen molar-refractivity contribution in [2.45, 2.75) is 12.3 Å². The van der Waals surface area contributed by atoms with Gasteiger partial charge in [-0.1, -0.05) is 0 Å². The van der Waals surface area contributed by atoms with E-state index in [2.05, 4.69) is 25.3 Å². The number of halogens is 3.